The summed E-state index contributed by atoms with van der Waals surface area (Å²) in [4.78, 5) is 32.2. The lowest BCUT2D eigenvalue weighted by Crippen LogP contribution is -2.49. The van der Waals surface area contributed by atoms with E-state index in [1.807, 2.05) is 66.4 Å². The summed E-state index contributed by atoms with van der Waals surface area (Å²) in [6, 6.07) is 23.1. The van der Waals surface area contributed by atoms with E-state index in [4.69, 9.17) is 0 Å². The van der Waals surface area contributed by atoms with E-state index >= 15 is 0 Å². The number of piperazine rings is 1. The van der Waals surface area contributed by atoms with Crippen LogP contribution in [0.2, 0.25) is 0 Å². The van der Waals surface area contributed by atoms with E-state index in [9.17, 15) is 9.59 Å². The van der Waals surface area contributed by atoms with Gasteiger partial charge in [-0.3, -0.25) is 14.2 Å². The van der Waals surface area contributed by atoms with Gasteiger partial charge in [0, 0.05) is 63.9 Å². The third-order valence-corrected chi connectivity index (χ3v) is 5.70. The molecule has 0 aliphatic carbocycles. The standard InChI is InChI=1S/C26H28N4O2/c1-27(2)22-13-11-21(12-14-22)20-24(30-15-7-6-10-25(30)31)26(32)29-18-16-28(17-19-29)23-8-4-3-5-9-23/h3-15,20H,16-19H2,1-2H3. The number of anilines is 2. The average molecular weight is 429 g/mol. The van der Waals surface area contributed by atoms with Crippen molar-refractivity contribution in [3.8, 4) is 0 Å². The molecule has 0 radical (unpaired) electrons. The van der Waals surface area contributed by atoms with E-state index in [2.05, 4.69) is 17.0 Å². The molecule has 1 aliphatic rings. The van der Waals surface area contributed by atoms with E-state index in [1.165, 1.54) is 10.6 Å². The minimum Gasteiger partial charge on any atom is -0.378 e. The molecule has 0 atom stereocenters. The molecule has 0 N–H and O–H groups in total. The van der Waals surface area contributed by atoms with Crippen LogP contribution in [0.15, 0.2) is 83.8 Å². The molecule has 32 heavy (non-hydrogen) atoms. The van der Waals surface area contributed by atoms with E-state index in [0.29, 0.717) is 18.8 Å². The van der Waals surface area contributed by atoms with Gasteiger partial charge in [0.2, 0.25) is 0 Å². The van der Waals surface area contributed by atoms with Crippen molar-refractivity contribution in [2.45, 2.75) is 0 Å². The quantitative estimate of drug-likeness (QED) is 0.586. The van der Waals surface area contributed by atoms with Gasteiger partial charge in [-0.25, -0.2) is 0 Å². The molecule has 2 heterocycles. The van der Waals surface area contributed by atoms with Gasteiger partial charge < -0.3 is 14.7 Å². The summed E-state index contributed by atoms with van der Waals surface area (Å²) >= 11 is 0. The minimum atomic E-state index is -0.222. The molecule has 3 aromatic rings. The fourth-order valence-corrected chi connectivity index (χ4v) is 3.86. The highest BCUT2D eigenvalue weighted by atomic mass is 16.2. The van der Waals surface area contributed by atoms with Crippen molar-refractivity contribution < 1.29 is 4.79 Å². The Morgan fingerprint density at radius 2 is 1.50 bits per heavy atom. The molecule has 0 spiro atoms. The molecule has 0 saturated carbocycles. The Hall–Kier alpha value is -3.80. The van der Waals surface area contributed by atoms with Gasteiger partial charge >= 0.3 is 0 Å². The maximum absolute atomic E-state index is 13.5. The highest BCUT2D eigenvalue weighted by Crippen LogP contribution is 2.20. The van der Waals surface area contributed by atoms with Gasteiger partial charge in [-0.05, 0) is 42.0 Å². The number of rotatable bonds is 5. The Morgan fingerprint density at radius 3 is 2.12 bits per heavy atom. The second-order valence-electron chi connectivity index (χ2n) is 8.04. The second-order valence-corrected chi connectivity index (χ2v) is 8.04. The first-order valence-corrected chi connectivity index (χ1v) is 10.8. The van der Waals surface area contributed by atoms with Crippen LogP contribution in [0.3, 0.4) is 0 Å². The zero-order valence-corrected chi connectivity index (χ0v) is 18.5. The maximum atomic E-state index is 13.5. The number of pyridine rings is 1. The van der Waals surface area contributed by atoms with Crippen molar-refractivity contribution in [3.63, 3.8) is 0 Å². The van der Waals surface area contributed by atoms with Crippen molar-refractivity contribution >= 4 is 29.1 Å². The summed E-state index contributed by atoms with van der Waals surface area (Å²) in [5, 5.41) is 0. The zero-order chi connectivity index (χ0) is 22.5. The van der Waals surface area contributed by atoms with Gasteiger partial charge in [-0.15, -0.1) is 0 Å². The second kappa shape index (κ2) is 9.56. The molecule has 1 saturated heterocycles. The predicted molar refractivity (Wildman–Crippen MR) is 131 cm³/mol. The van der Waals surface area contributed by atoms with Crippen LogP contribution in [-0.2, 0) is 4.79 Å². The largest absolute Gasteiger partial charge is 0.378 e. The Kier molecular flexibility index (Phi) is 6.40. The molecule has 0 bridgehead atoms. The number of amides is 1. The number of carbonyl (C=O) groups is 1. The third kappa shape index (κ3) is 4.75. The SMILES string of the molecule is CN(C)c1ccc(C=C(C(=O)N2CCN(c3ccccc3)CC2)n2ccccc2=O)cc1. The van der Waals surface area contributed by atoms with Crippen LogP contribution in [0, 0.1) is 0 Å². The summed E-state index contributed by atoms with van der Waals surface area (Å²) in [6.07, 6.45) is 3.45. The Morgan fingerprint density at radius 1 is 0.844 bits per heavy atom. The Labute approximate surface area is 188 Å². The van der Waals surface area contributed by atoms with E-state index in [0.717, 1.165) is 30.0 Å². The topological polar surface area (TPSA) is 48.8 Å². The van der Waals surface area contributed by atoms with E-state index < -0.39 is 0 Å². The van der Waals surface area contributed by atoms with E-state index in [1.54, 1.807) is 24.4 Å². The van der Waals surface area contributed by atoms with Crippen LogP contribution < -0.4 is 15.4 Å². The summed E-state index contributed by atoms with van der Waals surface area (Å²) in [6.45, 7) is 2.72. The lowest BCUT2D eigenvalue weighted by molar-refractivity contribution is -0.125. The highest BCUT2D eigenvalue weighted by Gasteiger charge is 2.25. The monoisotopic (exact) mass is 428 g/mol. The van der Waals surface area contributed by atoms with Crippen LogP contribution in [0.5, 0.6) is 0 Å². The summed E-state index contributed by atoms with van der Waals surface area (Å²) in [5.74, 6) is -0.136. The number of hydrogen-bond acceptors (Lipinski definition) is 4. The first kappa shape index (κ1) is 21.4. The lowest BCUT2D eigenvalue weighted by Gasteiger charge is -2.36. The van der Waals surface area contributed by atoms with Gasteiger partial charge in [0.25, 0.3) is 11.5 Å². The Balaban J connectivity index is 1.60. The molecule has 6 nitrogen and oxygen atoms in total. The van der Waals surface area contributed by atoms with Crippen molar-refractivity contribution in [2.75, 3.05) is 50.1 Å². The van der Waals surface area contributed by atoms with Crippen LogP contribution >= 0.6 is 0 Å². The lowest BCUT2D eigenvalue weighted by atomic mass is 10.1. The van der Waals surface area contributed by atoms with E-state index in [-0.39, 0.29) is 11.5 Å². The fourth-order valence-electron chi connectivity index (χ4n) is 3.86. The highest BCUT2D eigenvalue weighted by molar-refractivity contribution is 6.18. The normalized spacial score (nSPS) is 14.4. The fraction of sp³-hybridized carbons (Fsp3) is 0.231. The Bertz CT molecular complexity index is 1140. The van der Waals surface area contributed by atoms with Gasteiger partial charge in [-0.2, -0.15) is 0 Å². The van der Waals surface area contributed by atoms with Gasteiger partial charge in [0.1, 0.15) is 5.70 Å². The molecule has 6 heteroatoms. The van der Waals surface area contributed by atoms with Crippen molar-refractivity contribution in [3.05, 3.63) is 94.9 Å². The maximum Gasteiger partial charge on any atom is 0.271 e. The smallest absolute Gasteiger partial charge is 0.271 e. The molecule has 4 rings (SSSR count). The van der Waals surface area contributed by atoms with Gasteiger partial charge in [0.15, 0.2) is 0 Å². The van der Waals surface area contributed by atoms with Crippen molar-refractivity contribution in [2.24, 2.45) is 0 Å². The number of benzene rings is 2. The summed E-state index contributed by atoms with van der Waals surface area (Å²) in [7, 11) is 3.97. The third-order valence-electron chi connectivity index (χ3n) is 5.70. The van der Waals surface area contributed by atoms with Gasteiger partial charge in [0.05, 0.1) is 0 Å². The number of hydrogen-bond donors (Lipinski definition) is 0. The molecule has 2 aromatic carbocycles. The average Bonchev–Trinajstić information content (AvgIpc) is 2.83. The number of nitrogens with zero attached hydrogens (tertiary/aromatic N) is 4. The predicted octanol–water partition coefficient (Wildman–Crippen LogP) is 3.26. The van der Waals surface area contributed by atoms with Crippen molar-refractivity contribution in [1.29, 1.82) is 0 Å². The van der Waals surface area contributed by atoms with Gasteiger partial charge in [-0.1, -0.05) is 36.4 Å². The summed E-state index contributed by atoms with van der Waals surface area (Å²) < 4.78 is 1.44. The summed E-state index contributed by atoms with van der Waals surface area (Å²) in [5.41, 5.74) is 3.25. The molecule has 1 aliphatic heterocycles. The number of aromatic nitrogens is 1. The molecule has 164 valence electrons. The van der Waals surface area contributed by atoms with Crippen LogP contribution in [0.4, 0.5) is 11.4 Å². The van der Waals surface area contributed by atoms with Crippen LogP contribution in [0.1, 0.15) is 5.56 Å². The molecule has 1 amide bonds. The number of para-hydroxylation sites is 1. The minimum absolute atomic E-state index is 0.136. The van der Waals surface area contributed by atoms with Crippen LogP contribution in [0.25, 0.3) is 11.8 Å². The molecule has 1 fully saturated rings. The molecule has 0 unspecified atom stereocenters. The molecular formula is C26H28N4O2. The molecule has 1 aromatic heterocycles. The van der Waals surface area contributed by atoms with Crippen molar-refractivity contribution in [1.82, 2.24) is 9.47 Å². The number of carbonyl (C=O) groups excluding carboxylic acids is 1. The first-order chi connectivity index (χ1) is 15.5. The zero-order valence-electron chi connectivity index (χ0n) is 18.5. The first-order valence-electron chi connectivity index (χ1n) is 10.8. The molecular weight excluding hydrogens is 400 g/mol. The van der Waals surface area contributed by atoms with Crippen LogP contribution in [-0.4, -0.2) is 55.6 Å².